The van der Waals surface area contributed by atoms with Crippen LogP contribution >= 0.6 is 10.6 Å². The van der Waals surface area contributed by atoms with Gasteiger partial charge in [0.25, 0.3) is 0 Å². The molecule has 1 amide bonds. The summed E-state index contributed by atoms with van der Waals surface area (Å²) in [5.41, 5.74) is 4.43. The minimum absolute atomic E-state index is 0.0500. The predicted octanol–water partition coefficient (Wildman–Crippen LogP) is 2.62. The molecule has 0 spiro atoms. The summed E-state index contributed by atoms with van der Waals surface area (Å²) in [6.07, 6.45) is 0.995. The Balaban J connectivity index is 2.14. The lowest BCUT2D eigenvalue weighted by Gasteiger charge is -2.58. The van der Waals surface area contributed by atoms with Gasteiger partial charge in [0.1, 0.15) is 22.2 Å². The zero-order chi connectivity index (χ0) is 18.6. The van der Waals surface area contributed by atoms with E-state index >= 15 is 0 Å². The smallest absolute Gasteiger partial charge is 0.432 e. The zero-order valence-corrected chi connectivity index (χ0v) is 14.7. The van der Waals surface area contributed by atoms with Gasteiger partial charge in [-0.15, -0.1) is 0 Å². The molecule has 1 saturated heterocycles. The van der Waals surface area contributed by atoms with Crippen molar-refractivity contribution in [3.05, 3.63) is 23.6 Å². The quantitative estimate of drug-likeness (QED) is 0.537. The monoisotopic (exact) mass is 372 g/mol. The van der Waals surface area contributed by atoms with Crippen LogP contribution in [0.2, 0.25) is 0 Å². The largest absolute Gasteiger partial charge is 0.463 e. The number of carbonyl (C=O) groups is 1. The van der Waals surface area contributed by atoms with E-state index in [1.165, 1.54) is 6.07 Å². The van der Waals surface area contributed by atoms with Crippen molar-refractivity contribution in [3.8, 4) is 0 Å². The predicted molar refractivity (Wildman–Crippen MR) is 93.4 cm³/mol. The maximum Gasteiger partial charge on any atom is 0.432 e. The molecule has 1 aromatic rings. The summed E-state index contributed by atoms with van der Waals surface area (Å²) in [7, 11) is -3.32. The first-order valence-corrected chi connectivity index (χ1v) is 9.48. The summed E-state index contributed by atoms with van der Waals surface area (Å²) in [4.78, 5) is 18.4. The molecule has 1 saturated carbocycles. The molecule has 3 rings (SSSR count). The molecule has 0 radical (unpaired) electrons. The molecule has 6 N–H and O–H groups in total. The number of amidine groups is 1. The zero-order valence-electron chi connectivity index (χ0n) is 13.9. The van der Waals surface area contributed by atoms with E-state index in [9.17, 15) is 18.3 Å². The van der Waals surface area contributed by atoms with Gasteiger partial charge in [0.15, 0.2) is 0 Å². The Labute approximate surface area is 145 Å². The number of halogens is 1. The number of anilines is 1. The summed E-state index contributed by atoms with van der Waals surface area (Å²) in [5, 5.41) is 12.1. The second kappa shape index (κ2) is 5.55. The lowest BCUT2D eigenvalue weighted by Crippen LogP contribution is -2.64. The number of nitrogens with zero attached hydrogens (tertiary/aromatic N) is 2. The fraction of sp³-hybridized carbons (Fsp3) is 0.533. The van der Waals surface area contributed by atoms with Crippen LogP contribution in [-0.4, -0.2) is 41.6 Å². The van der Waals surface area contributed by atoms with E-state index in [4.69, 9.17) is 10.8 Å². The number of nitrogens with one attached hydrogen (secondary N) is 1. The molecule has 0 unspecified atom stereocenters. The molecule has 1 aliphatic carbocycles. The van der Waals surface area contributed by atoms with Gasteiger partial charge in [-0.3, -0.25) is 9.11 Å². The molecule has 138 valence electrons. The summed E-state index contributed by atoms with van der Waals surface area (Å²) >= 11 is 0. The van der Waals surface area contributed by atoms with Crippen molar-refractivity contribution in [2.24, 2.45) is 10.9 Å². The van der Waals surface area contributed by atoms with Crippen LogP contribution in [0.5, 0.6) is 0 Å². The third-order valence-corrected chi connectivity index (χ3v) is 7.93. The van der Waals surface area contributed by atoms with Gasteiger partial charge in [0, 0.05) is 5.56 Å². The molecule has 10 heteroatoms. The van der Waals surface area contributed by atoms with Crippen LogP contribution < -0.4 is 11.1 Å². The highest BCUT2D eigenvalue weighted by Crippen LogP contribution is 2.66. The van der Waals surface area contributed by atoms with Crippen molar-refractivity contribution in [2.45, 2.75) is 37.0 Å². The van der Waals surface area contributed by atoms with Crippen LogP contribution in [0.25, 0.3) is 0 Å². The van der Waals surface area contributed by atoms with E-state index in [0.717, 1.165) is 19.0 Å². The fourth-order valence-electron chi connectivity index (χ4n) is 3.48. The maximum absolute atomic E-state index is 14.3. The summed E-state index contributed by atoms with van der Waals surface area (Å²) in [6, 6.07) is 1.30. The average molecular weight is 372 g/mol. The van der Waals surface area contributed by atoms with Crippen LogP contribution in [0.1, 0.15) is 32.3 Å². The molecule has 1 aromatic heterocycles. The minimum atomic E-state index is -3.32. The van der Waals surface area contributed by atoms with Crippen LogP contribution in [0, 0.1) is 11.7 Å². The van der Waals surface area contributed by atoms with Crippen molar-refractivity contribution >= 4 is 28.3 Å². The number of carboxylic acid groups (broad SMARTS) is 1. The minimum Gasteiger partial charge on any atom is -0.463 e. The summed E-state index contributed by atoms with van der Waals surface area (Å²) < 4.78 is 34.9. The Hall–Kier alpha value is -1.91. The third kappa shape index (κ3) is 2.83. The first-order valence-electron chi connectivity index (χ1n) is 7.77. The lowest BCUT2D eigenvalue weighted by atomic mass is 9.91. The molecule has 8 nitrogen and oxygen atoms in total. The first kappa shape index (κ1) is 17.9. The average Bonchev–Trinajstić information content (AvgIpc) is 3.30. The summed E-state index contributed by atoms with van der Waals surface area (Å²) in [5.74, 6) is -0.926. The van der Waals surface area contributed by atoms with Crippen LogP contribution in [-0.2, 0) is 5.54 Å². The topological polar surface area (TPSA) is 141 Å². The van der Waals surface area contributed by atoms with Crippen LogP contribution in [0.4, 0.5) is 15.0 Å². The molecule has 2 heterocycles. The van der Waals surface area contributed by atoms with E-state index in [-0.39, 0.29) is 28.9 Å². The second-order valence-corrected chi connectivity index (χ2v) is 9.45. The highest BCUT2D eigenvalue weighted by atomic mass is 32.3. The van der Waals surface area contributed by atoms with Gasteiger partial charge in [-0.05, 0) is 38.7 Å². The third-order valence-electron chi connectivity index (χ3n) is 5.07. The number of pyridine rings is 1. The Kier molecular flexibility index (Phi) is 3.97. The van der Waals surface area contributed by atoms with Gasteiger partial charge < -0.3 is 16.2 Å². The van der Waals surface area contributed by atoms with Gasteiger partial charge >= 0.3 is 6.09 Å². The number of hydrogen-bond donors (Lipinski definition) is 5. The van der Waals surface area contributed by atoms with E-state index in [2.05, 4.69) is 15.3 Å². The molecule has 0 aromatic carbocycles. The number of hydrogen-bond acceptors (Lipinski definition) is 5. The first-order chi connectivity index (χ1) is 11.5. The van der Waals surface area contributed by atoms with Gasteiger partial charge in [-0.25, -0.2) is 14.2 Å². The Morgan fingerprint density at radius 3 is 2.68 bits per heavy atom. The number of nitrogen functional groups attached to an aromatic ring is 1. The number of nitrogens with two attached hydrogens (primary N) is 1. The van der Waals surface area contributed by atoms with E-state index in [0.29, 0.717) is 0 Å². The van der Waals surface area contributed by atoms with Crippen LogP contribution in [0.15, 0.2) is 17.3 Å². The molecule has 25 heavy (non-hydrogen) atoms. The normalized spacial score (nSPS) is 34.4. The molecule has 2 atom stereocenters. The summed E-state index contributed by atoms with van der Waals surface area (Å²) in [6.45, 7) is 3.16. The standard InChI is InChI=1S/C15H21FN4O4S/c1-14(9-5-11(17)18-6-10(9)16)7-25(23,24)15(2,8-3-4-8)12(20-14)19-13(21)22/h5-6,8,23-24H,3-4,7H2,1-2H3,(H2,17,18)(H,19,20)(H,21,22)/t14-,15-/m0/s1. The fourth-order valence-corrected chi connectivity index (χ4v) is 5.99. The number of aliphatic imine (C=N–C) groups is 1. The number of rotatable bonds is 2. The van der Waals surface area contributed by atoms with Gasteiger partial charge in [-0.2, -0.15) is 15.6 Å². The highest BCUT2D eigenvalue weighted by Gasteiger charge is 2.60. The second-order valence-electron chi connectivity index (χ2n) is 6.98. The molecular formula is C15H21FN4O4S. The van der Waals surface area contributed by atoms with Crippen molar-refractivity contribution in [1.82, 2.24) is 10.3 Å². The van der Waals surface area contributed by atoms with Crippen molar-refractivity contribution < 1.29 is 23.4 Å². The molecule has 0 bridgehead atoms. The highest BCUT2D eigenvalue weighted by molar-refractivity contribution is 8.26. The van der Waals surface area contributed by atoms with Crippen molar-refractivity contribution in [1.29, 1.82) is 0 Å². The molecule has 2 aliphatic rings. The van der Waals surface area contributed by atoms with E-state index < -0.39 is 32.8 Å². The Morgan fingerprint density at radius 1 is 1.48 bits per heavy atom. The van der Waals surface area contributed by atoms with E-state index in [1.807, 2.05) is 0 Å². The van der Waals surface area contributed by atoms with Gasteiger partial charge in [0.05, 0.1) is 17.5 Å². The van der Waals surface area contributed by atoms with Crippen LogP contribution in [0.3, 0.4) is 0 Å². The van der Waals surface area contributed by atoms with Crippen molar-refractivity contribution in [3.63, 3.8) is 0 Å². The lowest BCUT2D eigenvalue weighted by molar-refractivity contribution is 0.205. The molecule has 2 fully saturated rings. The van der Waals surface area contributed by atoms with E-state index in [1.54, 1.807) is 13.8 Å². The van der Waals surface area contributed by atoms with Crippen molar-refractivity contribution in [2.75, 3.05) is 11.5 Å². The Morgan fingerprint density at radius 2 is 2.12 bits per heavy atom. The maximum atomic E-state index is 14.3. The number of amides is 1. The SMILES string of the molecule is C[C@@]1(c2cc(N)ncc2F)CS(O)(O)[C@@](C)(C2CC2)C(=NC(=O)O)N1. The van der Waals surface area contributed by atoms with Gasteiger partial charge in [0.2, 0.25) is 0 Å². The number of aromatic nitrogens is 1. The molecular weight excluding hydrogens is 351 g/mol. The molecule has 1 aliphatic heterocycles. The Bertz CT molecular complexity index is 770. The van der Waals surface area contributed by atoms with Gasteiger partial charge in [-0.1, -0.05) is 0 Å².